The minimum Gasteiger partial charge on any atom is -0.372 e. The summed E-state index contributed by atoms with van der Waals surface area (Å²) in [5.41, 5.74) is 3.54. The fourth-order valence-corrected chi connectivity index (χ4v) is 4.87. The second-order valence-corrected chi connectivity index (χ2v) is 8.93. The van der Waals surface area contributed by atoms with Crippen LogP contribution >= 0.6 is 11.8 Å². The largest absolute Gasteiger partial charge is 0.372 e. The van der Waals surface area contributed by atoms with Crippen LogP contribution in [0.2, 0.25) is 0 Å². The monoisotopic (exact) mass is 445 g/mol. The lowest BCUT2D eigenvalue weighted by atomic mass is 10.1. The Morgan fingerprint density at radius 2 is 1.78 bits per heavy atom. The van der Waals surface area contributed by atoms with E-state index in [-0.39, 0.29) is 18.1 Å². The van der Waals surface area contributed by atoms with E-state index in [0.29, 0.717) is 4.91 Å². The van der Waals surface area contributed by atoms with Crippen LogP contribution in [-0.2, 0) is 9.53 Å². The maximum atomic E-state index is 12.7. The Morgan fingerprint density at radius 1 is 1.06 bits per heavy atom. The number of ether oxygens (including phenoxy) is 1. The highest BCUT2D eigenvalue weighted by molar-refractivity contribution is 8.18. The van der Waals surface area contributed by atoms with Gasteiger partial charge >= 0.3 is 0 Å². The van der Waals surface area contributed by atoms with Crippen molar-refractivity contribution in [3.63, 3.8) is 0 Å². The summed E-state index contributed by atoms with van der Waals surface area (Å²) < 4.78 is 7.65. The van der Waals surface area contributed by atoms with Gasteiger partial charge in [0.1, 0.15) is 5.69 Å². The molecule has 0 bridgehead atoms. The molecule has 2 unspecified atom stereocenters. The number of hydrogen-bond donors (Lipinski definition) is 0. The first-order valence-electron chi connectivity index (χ1n) is 10.6. The minimum absolute atomic E-state index is 0.104. The lowest BCUT2D eigenvalue weighted by Crippen LogP contribution is -2.47. The van der Waals surface area contributed by atoms with Crippen molar-refractivity contribution in [2.24, 2.45) is 4.99 Å². The van der Waals surface area contributed by atoms with Gasteiger partial charge in [0.2, 0.25) is 0 Å². The van der Waals surface area contributed by atoms with Crippen molar-refractivity contribution in [3.8, 4) is 16.9 Å². The number of amides is 1. The van der Waals surface area contributed by atoms with E-state index in [9.17, 15) is 4.79 Å². The number of thioether (sulfide) groups is 1. The number of hydrogen-bond acceptors (Lipinski definition) is 6. The highest BCUT2D eigenvalue weighted by Crippen LogP contribution is 2.34. The van der Waals surface area contributed by atoms with Crippen LogP contribution in [0.3, 0.4) is 0 Å². The Hall–Kier alpha value is -3.23. The fraction of sp³-hybridized carbons (Fsp3) is 0.250. The zero-order valence-corrected chi connectivity index (χ0v) is 18.7. The van der Waals surface area contributed by atoms with E-state index in [1.165, 1.54) is 11.8 Å². The molecule has 1 saturated heterocycles. The normalized spacial score (nSPS) is 22.4. The molecule has 0 saturated carbocycles. The van der Waals surface area contributed by atoms with E-state index < -0.39 is 0 Å². The van der Waals surface area contributed by atoms with E-state index >= 15 is 0 Å². The van der Waals surface area contributed by atoms with Crippen LogP contribution in [0.1, 0.15) is 19.4 Å². The molecule has 0 radical (unpaired) electrons. The summed E-state index contributed by atoms with van der Waals surface area (Å²) in [6.45, 7) is 5.54. The van der Waals surface area contributed by atoms with Gasteiger partial charge in [-0.05, 0) is 56.0 Å². The third-order valence-electron chi connectivity index (χ3n) is 5.30. The second kappa shape index (κ2) is 8.72. The lowest BCUT2D eigenvalue weighted by Gasteiger charge is -2.35. The smallest absolute Gasteiger partial charge is 0.286 e. The molecule has 1 aromatic carbocycles. The molecule has 162 valence electrons. The Kier molecular flexibility index (Phi) is 5.63. The maximum Gasteiger partial charge on any atom is 0.286 e. The lowest BCUT2D eigenvalue weighted by molar-refractivity contribution is -0.113. The molecule has 8 heteroatoms. The first kappa shape index (κ1) is 20.7. The molecule has 1 amide bonds. The molecule has 32 heavy (non-hydrogen) atoms. The molecule has 5 rings (SSSR count). The van der Waals surface area contributed by atoms with Gasteiger partial charge in [-0.3, -0.25) is 9.78 Å². The van der Waals surface area contributed by atoms with Gasteiger partial charge in [0.25, 0.3) is 5.91 Å². The zero-order valence-electron chi connectivity index (χ0n) is 17.9. The predicted octanol–water partition coefficient (Wildman–Crippen LogP) is 4.01. The summed E-state index contributed by atoms with van der Waals surface area (Å²) in [5, 5.41) is 5.55. The Balaban J connectivity index is 1.48. The number of pyridine rings is 1. The van der Waals surface area contributed by atoms with Crippen LogP contribution < -0.4 is 0 Å². The molecule has 0 N–H and O–H groups in total. The number of carbonyl (C=O) groups excluding carboxylic acids is 1. The zero-order chi connectivity index (χ0) is 22.1. The van der Waals surface area contributed by atoms with Crippen molar-refractivity contribution in [3.05, 3.63) is 71.5 Å². The molecule has 2 aromatic heterocycles. The Morgan fingerprint density at radius 3 is 2.50 bits per heavy atom. The molecule has 0 aliphatic carbocycles. The summed E-state index contributed by atoms with van der Waals surface area (Å²) in [4.78, 5) is 23.9. The van der Waals surface area contributed by atoms with Crippen LogP contribution in [0.25, 0.3) is 23.0 Å². The Labute approximate surface area is 190 Å². The number of rotatable bonds is 3. The van der Waals surface area contributed by atoms with Gasteiger partial charge in [-0.15, -0.1) is 0 Å². The third kappa shape index (κ3) is 4.24. The topological polar surface area (TPSA) is 72.6 Å². The van der Waals surface area contributed by atoms with Crippen molar-refractivity contribution in [1.82, 2.24) is 19.7 Å². The summed E-state index contributed by atoms with van der Waals surface area (Å²) >= 11 is 1.42. The molecule has 3 aromatic rings. The van der Waals surface area contributed by atoms with Gasteiger partial charge in [-0.2, -0.15) is 10.1 Å². The van der Waals surface area contributed by atoms with E-state index in [0.717, 1.165) is 40.8 Å². The van der Waals surface area contributed by atoms with E-state index in [1.54, 1.807) is 12.4 Å². The molecule has 2 atom stereocenters. The average Bonchev–Trinajstić information content (AvgIpc) is 3.38. The van der Waals surface area contributed by atoms with E-state index in [1.807, 2.05) is 73.3 Å². The summed E-state index contributed by atoms with van der Waals surface area (Å²) in [6, 6.07) is 13.8. The minimum atomic E-state index is -0.218. The molecule has 1 fully saturated rings. The van der Waals surface area contributed by atoms with Crippen LogP contribution in [0.5, 0.6) is 0 Å². The van der Waals surface area contributed by atoms with Crippen molar-refractivity contribution >= 4 is 28.9 Å². The molecule has 2 aliphatic heterocycles. The van der Waals surface area contributed by atoms with Crippen LogP contribution in [0.4, 0.5) is 0 Å². The predicted molar refractivity (Wildman–Crippen MR) is 126 cm³/mol. The van der Waals surface area contributed by atoms with Gasteiger partial charge in [-0.1, -0.05) is 18.2 Å². The fourth-order valence-electron chi connectivity index (χ4n) is 3.95. The molecule has 4 heterocycles. The first-order chi connectivity index (χ1) is 15.6. The number of amidine groups is 1. The number of morpholine rings is 1. The number of para-hydroxylation sites is 1. The number of aromatic nitrogens is 3. The van der Waals surface area contributed by atoms with Gasteiger partial charge in [0.15, 0.2) is 5.17 Å². The van der Waals surface area contributed by atoms with Gasteiger partial charge in [-0.25, -0.2) is 4.68 Å². The molecular formula is C24H23N5O2S. The second-order valence-electron chi connectivity index (χ2n) is 7.92. The van der Waals surface area contributed by atoms with Gasteiger partial charge in [0, 0.05) is 42.8 Å². The highest BCUT2D eigenvalue weighted by atomic mass is 32.2. The van der Waals surface area contributed by atoms with Crippen LogP contribution in [-0.4, -0.2) is 56.0 Å². The summed E-state index contributed by atoms with van der Waals surface area (Å²) in [7, 11) is 0. The average molecular weight is 446 g/mol. The maximum absolute atomic E-state index is 12.7. The Bertz CT molecular complexity index is 1180. The van der Waals surface area contributed by atoms with Gasteiger partial charge < -0.3 is 9.64 Å². The molecule has 0 spiro atoms. The van der Waals surface area contributed by atoms with Crippen molar-refractivity contribution in [2.75, 3.05) is 13.1 Å². The quantitative estimate of drug-likeness (QED) is 0.567. The molecule has 7 nitrogen and oxygen atoms in total. The summed E-state index contributed by atoms with van der Waals surface area (Å²) in [5.74, 6) is -0.218. The summed E-state index contributed by atoms with van der Waals surface area (Å²) in [6.07, 6.45) is 7.53. The van der Waals surface area contributed by atoms with Crippen LogP contribution in [0, 0.1) is 0 Å². The van der Waals surface area contributed by atoms with E-state index in [2.05, 4.69) is 14.9 Å². The highest BCUT2D eigenvalue weighted by Gasteiger charge is 2.31. The van der Waals surface area contributed by atoms with Crippen molar-refractivity contribution < 1.29 is 9.53 Å². The molecule has 2 aliphatic rings. The van der Waals surface area contributed by atoms with Gasteiger partial charge in [0.05, 0.1) is 22.8 Å². The number of carbonyl (C=O) groups is 1. The number of aliphatic imine (C=N–C) groups is 1. The first-order valence-corrected chi connectivity index (χ1v) is 11.4. The molecular weight excluding hydrogens is 422 g/mol. The number of nitrogens with zero attached hydrogens (tertiary/aromatic N) is 5. The van der Waals surface area contributed by atoms with E-state index in [4.69, 9.17) is 9.84 Å². The SMILES string of the molecule is CC1CN(C2=NC(=O)C(=Cc3cn(-c4ccccc4)nc3-c3ccncc3)S2)CC(C)O1. The standard InChI is InChI=1S/C24H23N5O2S/c1-16-13-28(14-17(2)31-16)24-26-23(30)21(32-24)12-19-15-29(20-6-4-3-5-7-20)27-22(19)18-8-10-25-11-9-18/h3-12,15-17H,13-14H2,1-2H3. The van der Waals surface area contributed by atoms with Crippen molar-refractivity contribution in [1.29, 1.82) is 0 Å². The van der Waals surface area contributed by atoms with Crippen molar-refractivity contribution in [2.45, 2.75) is 26.1 Å². The number of benzene rings is 1. The third-order valence-corrected chi connectivity index (χ3v) is 6.35. The van der Waals surface area contributed by atoms with Crippen LogP contribution in [0.15, 0.2) is 71.0 Å².